The van der Waals surface area contributed by atoms with E-state index in [0.717, 1.165) is 59.6 Å². The minimum Gasteiger partial charge on any atom is -1.00 e. The van der Waals surface area contributed by atoms with Crippen molar-refractivity contribution < 1.29 is 53.5 Å². The monoisotopic (exact) mass is 484 g/mol. The van der Waals surface area contributed by atoms with E-state index >= 15 is 0 Å². The molecule has 174 valence electrons. The Labute approximate surface area is 217 Å². The van der Waals surface area contributed by atoms with Crippen LogP contribution < -0.4 is 43.9 Å². The average Bonchev–Trinajstić information content (AvgIpc) is 3.49. The molecule has 0 bridgehead atoms. The third kappa shape index (κ3) is 4.95. The van der Waals surface area contributed by atoms with Crippen molar-refractivity contribution in [2.45, 2.75) is 64.3 Å². The number of nitrogens with one attached hydrogen (secondary N) is 2. The maximum absolute atomic E-state index is 13.3. The zero-order chi connectivity index (χ0) is 22.3. The molecule has 3 aliphatic rings. The minimum atomic E-state index is -4.22. The van der Waals surface area contributed by atoms with E-state index < -0.39 is 16.2 Å². The van der Waals surface area contributed by atoms with Crippen molar-refractivity contribution in [1.29, 1.82) is 0 Å². The number of ether oxygens (including phenoxy) is 1. The summed E-state index contributed by atoms with van der Waals surface area (Å²) in [5.41, 5.74) is 5.63. The quantitative estimate of drug-likeness (QED) is 0.584. The van der Waals surface area contributed by atoms with Gasteiger partial charge in [-0.1, -0.05) is 11.2 Å². The second kappa shape index (κ2) is 9.95. The van der Waals surface area contributed by atoms with Gasteiger partial charge < -0.3 is 16.0 Å². The van der Waals surface area contributed by atoms with Gasteiger partial charge in [-0.15, -0.1) is 0 Å². The maximum atomic E-state index is 13.3. The molecule has 2 aromatic rings. The van der Waals surface area contributed by atoms with E-state index in [2.05, 4.69) is 21.3 Å². The molecule has 0 unspecified atom stereocenters. The van der Waals surface area contributed by atoms with Crippen molar-refractivity contribution >= 4 is 27.7 Å². The summed E-state index contributed by atoms with van der Waals surface area (Å²) < 4.78 is 40.6. The fraction of sp³-hybridized carbons (Fsp3) is 0.545. The number of aryl methyl sites for hydroxylation is 3. The van der Waals surface area contributed by atoms with Crippen LogP contribution in [-0.4, -0.2) is 38.9 Å². The molecular formula is C22H29N4NaO5S. The number of amides is 2. The summed E-state index contributed by atoms with van der Waals surface area (Å²) in [4.78, 5) is 13.0. The van der Waals surface area contributed by atoms with Gasteiger partial charge >= 0.3 is 45.8 Å². The molecule has 0 saturated carbocycles. The van der Waals surface area contributed by atoms with Crippen LogP contribution in [0.2, 0.25) is 0 Å². The Morgan fingerprint density at radius 3 is 2.30 bits per heavy atom. The van der Waals surface area contributed by atoms with Crippen molar-refractivity contribution in [3.8, 4) is 0 Å². The van der Waals surface area contributed by atoms with Crippen molar-refractivity contribution in [1.82, 2.24) is 9.88 Å². The molecule has 0 spiro atoms. The first-order valence-electron chi connectivity index (χ1n) is 11.2. The summed E-state index contributed by atoms with van der Waals surface area (Å²) in [5, 5.41) is 6.79. The largest absolute Gasteiger partial charge is 1.00 e. The van der Waals surface area contributed by atoms with E-state index in [9.17, 15) is 13.2 Å². The molecule has 2 heterocycles. The number of carbonyl (C=O) groups is 1. The second-order valence-corrected chi connectivity index (χ2v) is 10.3. The van der Waals surface area contributed by atoms with Crippen LogP contribution in [0, 0.1) is 6.92 Å². The second-order valence-electron chi connectivity index (χ2n) is 8.73. The van der Waals surface area contributed by atoms with E-state index in [1.54, 1.807) is 13.0 Å². The SMILES string of the molecule is Cc1cc(N(C2CCOCC2)S(=O)(=O)NC(=O)Nc2c3c(cc4c2CCC4)CCC3)no1.[H-].[Na+]. The van der Waals surface area contributed by atoms with Crippen molar-refractivity contribution in [3.63, 3.8) is 0 Å². The van der Waals surface area contributed by atoms with Gasteiger partial charge in [0.1, 0.15) is 5.76 Å². The number of urea groups is 1. The number of carbonyl (C=O) groups excluding carboxylic acids is 1. The molecule has 1 saturated heterocycles. The number of aromatic nitrogens is 1. The fourth-order valence-corrected chi connectivity index (χ4v) is 6.48. The zero-order valence-electron chi connectivity index (χ0n) is 20.1. The molecule has 1 aromatic carbocycles. The minimum absolute atomic E-state index is 0. The van der Waals surface area contributed by atoms with Crippen molar-refractivity contribution in [3.05, 3.63) is 40.1 Å². The number of hydrogen-bond donors (Lipinski definition) is 2. The van der Waals surface area contributed by atoms with Gasteiger partial charge in [-0.05, 0) is 80.5 Å². The first-order valence-corrected chi connectivity index (χ1v) is 12.7. The van der Waals surface area contributed by atoms with Gasteiger partial charge in [0.15, 0.2) is 5.82 Å². The molecule has 0 atom stereocenters. The van der Waals surface area contributed by atoms with Crippen LogP contribution in [0.4, 0.5) is 16.3 Å². The maximum Gasteiger partial charge on any atom is 1.00 e. The topological polar surface area (TPSA) is 114 Å². The number of fused-ring (bicyclic) bond motifs is 2. The number of anilines is 2. The molecule has 9 nitrogen and oxygen atoms in total. The van der Waals surface area contributed by atoms with Crippen LogP contribution in [0.3, 0.4) is 0 Å². The van der Waals surface area contributed by atoms with E-state index in [1.165, 1.54) is 11.1 Å². The van der Waals surface area contributed by atoms with Crippen LogP contribution in [-0.2, 0) is 40.6 Å². The van der Waals surface area contributed by atoms with Gasteiger partial charge in [0.05, 0.1) is 6.04 Å². The van der Waals surface area contributed by atoms with Crippen LogP contribution in [0.1, 0.15) is 55.1 Å². The van der Waals surface area contributed by atoms with Crippen LogP contribution in [0.15, 0.2) is 16.7 Å². The van der Waals surface area contributed by atoms with Crippen LogP contribution in [0.25, 0.3) is 0 Å². The summed E-state index contributed by atoms with van der Waals surface area (Å²) in [6, 6.07) is 2.70. The van der Waals surface area contributed by atoms with E-state index in [0.29, 0.717) is 31.8 Å². The Morgan fingerprint density at radius 1 is 1.09 bits per heavy atom. The third-order valence-corrected chi connectivity index (χ3v) is 8.00. The Balaban J connectivity index is 0.00000162. The molecule has 5 rings (SSSR count). The summed E-state index contributed by atoms with van der Waals surface area (Å²) in [6.45, 7) is 2.59. The fourth-order valence-electron chi connectivity index (χ4n) is 5.16. The number of benzene rings is 1. The van der Waals surface area contributed by atoms with Gasteiger partial charge in [-0.3, -0.25) is 0 Å². The van der Waals surface area contributed by atoms with E-state index in [4.69, 9.17) is 9.26 Å². The third-order valence-electron chi connectivity index (χ3n) is 6.56. The predicted octanol–water partition coefficient (Wildman–Crippen LogP) is 0.129. The van der Waals surface area contributed by atoms with Crippen LogP contribution in [0.5, 0.6) is 0 Å². The number of nitrogens with zero attached hydrogens (tertiary/aromatic N) is 2. The summed E-state index contributed by atoms with van der Waals surface area (Å²) in [6.07, 6.45) is 6.92. The van der Waals surface area contributed by atoms with Gasteiger partial charge in [-0.25, -0.2) is 13.8 Å². The Hall–Kier alpha value is -1.59. The molecule has 33 heavy (non-hydrogen) atoms. The van der Waals surface area contributed by atoms with Crippen molar-refractivity contribution in [2.75, 3.05) is 22.8 Å². The summed E-state index contributed by atoms with van der Waals surface area (Å²) in [7, 11) is -4.22. The van der Waals surface area contributed by atoms with Gasteiger partial charge in [-0.2, -0.15) is 8.42 Å². The van der Waals surface area contributed by atoms with E-state index in [-0.39, 0.29) is 42.8 Å². The molecule has 2 aliphatic carbocycles. The van der Waals surface area contributed by atoms with E-state index in [1.807, 2.05) is 0 Å². The molecule has 1 fully saturated rings. The predicted molar refractivity (Wildman–Crippen MR) is 120 cm³/mol. The zero-order valence-corrected chi connectivity index (χ0v) is 22.0. The van der Waals surface area contributed by atoms with Crippen molar-refractivity contribution in [2.24, 2.45) is 0 Å². The van der Waals surface area contributed by atoms with Gasteiger partial charge in [0.25, 0.3) is 0 Å². The summed E-state index contributed by atoms with van der Waals surface area (Å²) in [5.74, 6) is 0.656. The standard InChI is InChI=1S/C22H28N4O5S.Na.H/c1-14-12-20(24-31-14)26(17-8-10-30-11-9-17)32(28,29)25-22(27)23-21-18-6-2-4-15(18)13-16-5-3-7-19(16)21;;/h12-13,17H,2-11H2,1H3,(H2,23,25,27);;/q;+1;-1. The number of hydrogen-bond acceptors (Lipinski definition) is 6. The van der Waals surface area contributed by atoms with Crippen LogP contribution >= 0.6 is 0 Å². The molecule has 0 radical (unpaired) electrons. The molecule has 1 aliphatic heterocycles. The average molecular weight is 485 g/mol. The number of rotatable bonds is 5. The first-order chi connectivity index (χ1) is 15.4. The smallest absolute Gasteiger partial charge is 1.00 e. The molecular weight excluding hydrogens is 455 g/mol. The Morgan fingerprint density at radius 2 is 1.73 bits per heavy atom. The molecule has 1 aromatic heterocycles. The molecule has 11 heteroatoms. The van der Waals surface area contributed by atoms with Gasteiger partial charge in [0.2, 0.25) is 0 Å². The summed E-state index contributed by atoms with van der Waals surface area (Å²) >= 11 is 0. The first kappa shape index (κ1) is 24.5. The Bertz CT molecular complexity index is 1120. The Kier molecular flexibility index (Phi) is 7.40. The molecule has 2 N–H and O–H groups in total. The van der Waals surface area contributed by atoms with Gasteiger partial charge in [0, 0.05) is 25.0 Å². The molecule has 2 amide bonds. The normalized spacial score (nSPS) is 17.7.